The number of aromatic nitrogens is 3. The molecule has 1 aromatic carbocycles. The molecule has 4 fully saturated rings. The second-order valence-corrected chi connectivity index (χ2v) is 16.9. The van der Waals surface area contributed by atoms with Crippen LogP contribution in [0.25, 0.3) is 0 Å². The minimum atomic E-state index is -3.49. The van der Waals surface area contributed by atoms with E-state index in [1.165, 1.54) is 33.8 Å². The number of ether oxygens (including phenoxy) is 1. The van der Waals surface area contributed by atoms with Crippen LogP contribution in [0.2, 0.25) is 0 Å². The zero-order valence-electron chi connectivity index (χ0n) is 29.3. The van der Waals surface area contributed by atoms with E-state index in [1.54, 1.807) is 6.20 Å². The molecule has 2 aromatic rings. The molecule has 282 valence electrons. The Bertz CT molecular complexity index is 1800. The van der Waals surface area contributed by atoms with Crippen molar-refractivity contribution in [1.29, 1.82) is 0 Å². The number of nitrogens with one attached hydrogen (secondary N) is 2. The predicted octanol–water partition coefficient (Wildman–Crippen LogP) is 0.684. The molecule has 16 nitrogen and oxygen atoms in total. The lowest BCUT2D eigenvalue weighted by Crippen LogP contribution is -2.62. The smallest absolute Gasteiger partial charge is 0.287 e. The number of ketones is 1. The van der Waals surface area contributed by atoms with E-state index in [-0.39, 0.29) is 55.4 Å². The molecule has 4 amide bonds. The summed E-state index contributed by atoms with van der Waals surface area (Å²) >= 11 is 0. The fourth-order valence-corrected chi connectivity index (χ4v) is 8.63. The number of nitrogens with two attached hydrogens (primary N) is 1. The van der Waals surface area contributed by atoms with Crippen molar-refractivity contribution in [2.75, 3.05) is 26.0 Å². The third kappa shape index (κ3) is 7.90. The molecule has 0 radical (unpaired) electrons. The Morgan fingerprint density at radius 1 is 1.02 bits per heavy atom. The highest BCUT2D eigenvalue weighted by Gasteiger charge is 2.49. The summed E-state index contributed by atoms with van der Waals surface area (Å²) in [6.45, 7) is 0.120. The molecule has 2 aliphatic carbocycles. The minimum absolute atomic E-state index is 0.00546. The lowest BCUT2D eigenvalue weighted by Gasteiger charge is -2.38. The van der Waals surface area contributed by atoms with E-state index in [0.29, 0.717) is 25.0 Å². The number of hydrogen-bond donors (Lipinski definition) is 4. The van der Waals surface area contributed by atoms with Crippen molar-refractivity contribution in [1.82, 2.24) is 30.5 Å². The Hall–Kier alpha value is -4.22. The van der Waals surface area contributed by atoms with E-state index >= 15 is 0 Å². The molecule has 3 heterocycles. The summed E-state index contributed by atoms with van der Waals surface area (Å²) in [5.41, 5.74) is 3.12. The van der Waals surface area contributed by atoms with E-state index in [4.69, 9.17) is 10.5 Å². The molecule has 6 rings (SSSR count). The standard InChI is InChI=1S/C35H47N7O9S/c1-52(49,50)25-12-10-23(11-13-25)31(45)37-26(16-22-8-4-2-5-9-22)33(47)41-18-24(42-19-28(39-40-42)35(48)20-51-21-35)17-27(41)32(46)38-34(29(43)30(36)44)14-6-3-7-15-34/h10-13,19,22,24,26-27,48H,2-9,14-18,20-21H2,1H3,(H2,36,44)(H,37,45)(H,38,46)/t24-,26?,27-/m0/s1. The number of amides is 4. The maximum atomic E-state index is 14.7. The Morgan fingerprint density at radius 2 is 1.67 bits per heavy atom. The van der Waals surface area contributed by atoms with E-state index in [2.05, 4.69) is 20.9 Å². The molecule has 4 aliphatic rings. The number of rotatable bonds is 12. The van der Waals surface area contributed by atoms with Gasteiger partial charge in [-0.1, -0.05) is 56.6 Å². The van der Waals surface area contributed by atoms with Crippen molar-refractivity contribution in [2.45, 2.75) is 111 Å². The monoisotopic (exact) mass is 741 g/mol. The number of aliphatic hydroxyl groups is 1. The Balaban J connectivity index is 1.30. The quantitative estimate of drug-likeness (QED) is 0.221. The molecule has 1 aromatic heterocycles. The maximum absolute atomic E-state index is 14.7. The molecule has 2 saturated carbocycles. The summed E-state index contributed by atoms with van der Waals surface area (Å²) in [4.78, 5) is 69.3. The van der Waals surface area contributed by atoms with Crippen LogP contribution in [0.15, 0.2) is 35.4 Å². The molecular weight excluding hydrogens is 694 g/mol. The first kappa shape index (κ1) is 37.5. The zero-order chi connectivity index (χ0) is 37.3. The van der Waals surface area contributed by atoms with Gasteiger partial charge in [-0.25, -0.2) is 13.1 Å². The number of hydrogen-bond acceptors (Lipinski definition) is 11. The van der Waals surface area contributed by atoms with Crippen LogP contribution in [-0.2, 0) is 39.4 Å². The van der Waals surface area contributed by atoms with Gasteiger partial charge in [-0.15, -0.1) is 5.10 Å². The van der Waals surface area contributed by atoms with E-state index in [9.17, 15) is 37.5 Å². The summed E-state index contributed by atoms with van der Waals surface area (Å²) < 4.78 is 30.7. The van der Waals surface area contributed by atoms with Gasteiger partial charge >= 0.3 is 0 Å². The van der Waals surface area contributed by atoms with E-state index < -0.39 is 68.5 Å². The number of nitrogens with zero attached hydrogens (tertiary/aromatic N) is 4. The first-order valence-corrected chi connectivity index (χ1v) is 19.9. The predicted molar refractivity (Wildman–Crippen MR) is 184 cm³/mol. The van der Waals surface area contributed by atoms with Crippen molar-refractivity contribution < 1.29 is 42.2 Å². The third-order valence-corrected chi connectivity index (χ3v) is 12.2. The highest BCUT2D eigenvalue weighted by molar-refractivity contribution is 7.90. The normalized spacial score (nSPS) is 23.6. The van der Waals surface area contributed by atoms with Crippen LogP contribution in [0, 0.1) is 5.92 Å². The number of benzene rings is 1. The van der Waals surface area contributed by atoms with Gasteiger partial charge in [0.05, 0.1) is 30.3 Å². The lowest BCUT2D eigenvalue weighted by atomic mass is 9.78. The number of carbonyl (C=O) groups is 5. The Labute approximate surface area is 302 Å². The van der Waals surface area contributed by atoms with Crippen molar-refractivity contribution in [3.05, 3.63) is 41.7 Å². The van der Waals surface area contributed by atoms with Gasteiger partial charge < -0.3 is 31.1 Å². The van der Waals surface area contributed by atoms with Gasteiger partial charge in [-0.2, -0.15) is 0 Å². The molecule has 1 unspecified atom stereocenters. The zero-order valence-corrected chi connectivity index (χ0v) is 30.1. The Morgan fingerprint density at radius 3 is 2.27 bits per heavy atom. The molecule has 0 bridgehead atoms. The molecule has 17 heteroatoms. The number of likely N-dealkylation sites (tertiary alicyclic amines) is 1. The second kappa shape index (κ2) is 15.0. The fourth-order valence-electron chi connectivity index (χ4n) is 8.00. The average Bonchev–Trinajstić information content (AvgIpc) is 3.79. The van der Waals surface area contributed by atoms with Crippen LogP contribution in [0.4, 0.5) is 0 Å². The van der Waals surface area contributed by atoms with Crippen LogP contribution in [-0.4, -0.2) is 106 Å². The number of primary amides is 1. The summed E-state index contributed by atoms with van der Waals surface area (Å²) in [6.07, 6.45) is 10.3. The molecular formula is C35H47N7O9S. The van der Waals surface area contributed by atoms with Crippen molar-refractivity contribution in [3.63, 3.8) is 0 Å². The molecule has 3 atom stereocenters. The highest BCUT2D eigenvalue weighted by atomic mass is 32.2. The number of sulfone groups is 1. The largest absolute Gasteiger partial charge is 0.379 e. The second-order valence-electron chi connectivity index (χ2n) is 14.9. The SMILES string of the molecule is CS(=O)(=O)c1ccc(C(=O)NC(CC2CCCCC2)C(=O)N2C[C@@H](n3cc(C4(O)COC4)nn3)C[C@H]2C(=O)NC2(C(=O)C(N)=O)CCCCC2)cc1. The molecule has 2 saturated heterocycles. The van der Waals surface area contributed by atoms with Crippen molar-refractivity contribution >= 4 is 39.2 Å². The van der Waals surface area contributed by atoms with Crippen molar-refractivity contribution in [3.8, 4) is 0 Å². The Kier molecular flexibility index (Phi) is 10.8. The first-order chi connectivity index (χ1) is 24.7. The van der Waals surface area contributed by atoms with E-state index in [1.807, 2.05) is 0 Å². The van der Waals surface area contributed by atoms with Gasteiger partial charge in [0.1, 0.15) is 23.3 Å². The minimum Gasteiger partial charge on any atom is -0.379 e. The van der Waals surface area contributed by atoms with Gasteiger partial charge in [0.25, 0.3) is 11.8 Å². The molecule has 52 heavy (non-hydrogen) atoms. The summed E-state index contributed by atoms with van der Waals surface area (Å²) in [5, 5.41) is 24.9. The summed E-state index contributed by atoms with van der Waals surface area (Å²) in [5.74, 6) is -3.58. The maximum Gasteiger partial charge on any atom is 0.287 e. The number of Topliss-reactive ketones (excluding diaryl/α,β-unsaturated/α-hetero) is 1. The highest BCUT2D eigenvalue weighted by Crippen LogP contribution is 2.35. The van der Waals surface area contributed by atoms with Gasteiger partial charge in [0.2, 0.25) is 17.6 Å². The first-order valence-electron chi connectivity index (χ1n) is 18.0. The third-order valence-electron chi connectivity index (χ3n) is 11.1. The van der Waals surface area contributed by atoms with Gasteiger partial charge in [0, 0.05) is 24.8 Å². The summed E-state index contributed by atoms with van der Waals surface area (Å²) in [6, 6.07) is 2.74. The topological polar surface area (TPSA) is 233 Å². The van der Waals surface area contributed by atoms with Crippen LogP contribution in [0.3, 0.4) is 0 Å². The molecule has 0 spiro atoms. The van der Waals surface area contributed by atoms with Gasteiger partial charge in [-0.3, -0.25) is 24.0 Å². The van der Waals surface area contributed by atoms with Gasteiger partial charge in [-0.05, 0) is 49.4 Å². The number of carbonyl (C=O) groups excluding carboxylic acids is 5. The summed E-state index contributed by atoms with van der Waals surface area (Å²) in [7, 11) is -3.49. The fraction of sp³-hybridized carbons (Fsp3) is 0.629. The van der Waals surface area contributed by atoms with Crippen LogP contribution in [0.5, 0.6) is 0 Å². The van der Waals surface area contributed by atoms with Crippen LogP contribution >= 0.6 is 0 Å². The van der Waals surface area contributed by atoms with Crippen molar-refractivity contribution in [2.24, 2.45) is 11.7 Å². The van der Waals surface area contributed by atoms with Crippen LogP contribution < -0.4 is 16.4 Å². The van der Waals surface area contributed by atoms with Gasteiger partial charge in [0.15, 0.2) is 15.4 Å². The van der Waals surface area contributed by atoms with Crippen LogP contribution in [0.1, 0.15) is 99.1 Å². The van der Waals surface area contributed by atoms with E-state index in [0.717, 1.165) is 44.8 Å². The average molecular weight is 742 g/mol. The molecule has 2 aliphatic heterocycles. The molecule has 5 N–H and O–H groups in total. The lowest BCUT2D eigenvalue weighted by molar-refractivity contribution is -0.186.